The predicted molar refractivity (Wildman–Crippen MR) is 74.2 cm³/mol. The van der Waals surface area contributed by atoms with Crippen LogP contribution >= 0.6 is 0 Å². The summed E-state index contributed by atoms with van der Waals surface area (Å²) in [5.41, 5.74) is 0.985. The number of halogens is 1. The van der Waals surface area contributed by atoms with Crippen molar-refractivity contribution in [3.63, 3.8) is 0 Å². The molecule has 0 aliphatic carbocycles. The lowest BCUT2D eigenvalue weighted by Gasteiger charge is -2.09. The molecule has 0 aliphatic rings. The minimum atomic E-state index is -0.452. The molecule has 1 heterocycles. The molecule has 2 rings (SSSR count). The number of pyridine rings is 1. The monoisotopic (exact) mass is 274 g/mol. The Hall–Kier alpha value is -2.43. The highest BCUT2D eigenvalue weighted by Crippen LogP contribution is 2.13. The molecule has 0 fully saturated rings. The van der Waals surface area contributed by atoms with Gasteiger partial charge in [0.15, 0.2) is 0 Å². The lowest BCUT2D eigenvalue weighted by Crippen LogP contribution is -2.12. The minimum Gasteiger partial charge on any atom is -0.465 e. The van der Waals surface area contributed by atoms with Gasteiger partial charge in [0.1, 0.15) is 17.2 Å². The first-order chi connectivity index (χ1) is 9.72. The molecular weight excluding hydrogens is 259 g/mol. The van der Waals surface area contributed by atoms with E-state index in [-0.39, 0.29) is 5.82 Å². The Bertz CT molecular complexity index is 602. The fourth-order valence-electron chi connectivity index (χ4n) is 1.84. The number of esters is 1. The van der Waals surface area contributed by atoms with Crippen molar-refractivity contribution in [1.82, 2.24) is 4.98 Å². The maximum Gasteiger partial charge on any atom is 0.341 e. The Balaban J connectivity index is 2.01. The van der Waals surface area contributed by atoms with Crippen molar-refractivity contribution in [3.8, 4) is 0 Å². The first kappa shape index (κ1) is 14.0. The SMILES string of the molecule is COC(=O)c1cccnc1NCCc1ccccc1F. The van der Waals surface area contributed by atoms with E-state index in [1.807, 2.05) is 0 Å². The van der Waals surface area contributed by atoms with Gasteiger partial charge in [-0.15, -0.1) is 0 Å². The zero-order valence-corrected chi connectivity index (χ0v) is 11.1. The average molecular weight is 274 g/mol. The molecule has 104 valence electrons. The second-order valence-electron chi connectivity index (χ2n) is 4.16. The molecule has 20 heavy (non-hydrogen) atoms. The number of benzene rings is 1. The average Bonchev–Trinajstić information content (AvgIpc) is 2.49. The Morgan fingerprint density at radius 2 is 2.10 bits per heavy atom. The third-order valence-electron chi connectivity index (χ3n) is 2.86. The summed E-state index contributed by atoms with van der Waals surface area (Å²) >= 11 is 0. The van der Waals surface area contributed by atoms with Gasteiger partial charge in [-0.2, -0.15) is 0 Å². The predicted octanol–water partition coefficient (Wildman–Crippen LogP) is 2.66. The lowest BCUT2D eigenvalue weighted by atomic mass is 10.1. The third kappa shape index (κ3) is 3.32. The molecule has 1 aromatic carbocycles. The molecule has 0 aliphatic heterocycles. The van der Waals surface area contributed by atoms with E-state index in [2.05, 4.69) is 15.0 Å². The first-order valence-electron chi connectivity index (χ1n) is 6.23. The van der Waals surface area contributed by atoms with Gasteiger partial charge in [-0.25, -0.2) is 14.2 Å². The van der Waals surface area contributed by atoms with Crippen molar-refractivity contribution < 1.29 is 13.9 Å². The van der Waals surface area contributed by atoms with E-state index in [1.165, 1.54) is 13.2 Å². The van der Waals surface area contributed by atoms with Crippen molar-refractivity contribution in [2.24, 2.45) is 0 Å². The van der Waals surface area contributed by atoms with Crippen LogP contribution in [-0.4, -0.2) is 24.6 Å². The molecule has 0 spiro atoms. The van der Waals surface area contributed by atoms with E-state index in [9.17, 15) is 9.18 Å². The van der Waals surface area contributed by atoms with Crippen LogP contribution < -0.4 is 5.32 Å². The van der Waals surface area contributed by atoms with Crippen LogP contribution in [0.25, 0.3) is 0 Å². The number of nitrogens with one attached hydrogen (secondary N) is 1. The number of ether oxygens (including phenoxy) is 1. The molecular formula is C15H15FN2O2. The summed E-state index contributed by atoms with van der Waals surface area (Å²) < 4.78 is 18.1. The topological polar surface area (TPSA) is 51.2 Å². The van der Waals surface area contributed by atoms with Crippen LogP contribution in [-0.2, 0) is 11.2 Å². The molecule has 0 bridgehead atoms. The Morgan fingerprint density at radius 1 is 1.30 bits per heavy atom. The molecule has 0 atom stereocenters. The van der Waals surface area contributed by atoms with E-state index >= 15 is 0 Å². The first-order valence-corrected chi connectivity index (χ1v) is 6.23. The molecule has 4 nitrogen and oxygen atoms in total. The van der Waals surface area contributed by atoms with E-state index in [0.29, 0.717) is 29.9 Å². The number of methoxy groups -OCH3 is 1. The largest absolute Gasteiger partial charge is 0.465 e. The van der Waals surface area contributed by atoms with Gasteiger partial charge in [0.2, 0.25) is 0 Å². The van der Waals surface area contributed by atoms with Crippen LogP contribution in [0.15, 0.2) is 42.6 Å². The molecule has 1 N–H and O–H groups in total. The van der Waals surface area contributed by atoms with Gasteiger partial charge in [-0.1, -0.05) is 18.2 Å². The van der Waals surface area contributed by atoms with Gasteiger partial charge in [0.25, 0.3) is 0 Å². The fraction of sp³-hybridized carbons (Fsp3) is 0.200. The Kier molecular flexibility index (Phi) is 4.65. The van der Waals surface area contributed by atoms with Crippen LogP contribution in [0.1, 0.15) is 15.9 Å². The summed E-state index contributed by atoms with van der Waals surface area (Å²) in [7, 11) is 1.32. The number of hydrogen-bond donors (Lipinski definition) is 1. The number of aromatic nitrogens is 1. The number of carbonyl (C=O) groups is 1. The van der Waals surface area contributed by atoms with Gasteiger partial charge in [-0.3, -0.25) is 0 Å². The van der Waals surface area contributed by atoms with Crippen LogP contribution in [0.5, 0.6) is 0 Å². The van der Waals surface area contributed by atoms with Gasteiger partial charge >= 0.3 is 5.97 Å². The number of nitrogens with zero attached hydrogens (tertiary/aromatic N) is 1. The maximum atomic E-state index is 13.5. The number of anilines is 1. The summed E-state index contributed by atoms with van der Waals surface area (Å²) in [4.78, 5) is 15.7. The molecule has 0 unspecified atom stereocenters. The molecule has 5 heteroatoms. The van der Waals surface area contributed by atoms with E-state index in [1.54, 1.807) is 36.5 Å². The molecule has 2 aromatic rings. The van der Waals surface area contributed by atoms with Crippen LogP contribution in [0.2, 0.25) is 0 Å². The smallest absolute Gasteiger partial charge is 0.341 e. The van der Waals surface area contributed by atoms with Crippen molar-refractivity contribution in [2.75, 3.05) is 19.0 Å². The second kappa shape index (κ2) is 6.65. The normalized spacial score (nSPS) is 10.1. The Morgan fingerprint density at radius 3 is 2.85 bits per heavy atom. The third-order valence-corrected chi connectivity index (χ3v) is 2.86. The summed E-state index contributed by atoms with van der Waals surface area (Å²) in [6.45, 7) is 0.474. The van der Waals surface area contributed by atoms with E-state index in [0.717, 1.165) is 0 Å². The van der Waals surface area contributed by atoms with E-state index < -0.39 is 5.97 Å². The molecule has 0 saturated heterocycles. The van der Waals surface area contributed by atoms with Crippen molar-refractivity contribution in [3.05, 3.63) is 59.5 Å². The minimum absolute atomic E-state index is 0.233. The fourth-order valence-corrected chi connectivity index (χ4v) is 1.84. The zero-order chi connectivity index (χ0) is 14.4. The number of hydrogen-bond acceptors (Lipinski definition) is 4. The molecule has 0 amide bonds. The van der Waals surface area contributed by atoms with Gasteiger partial charge in [0.05, 0.1) is 7.11 Å². The van der Waals surface area contributed by atoms with Gasteiger partial charge < -0.3 is 10.1 Å². The van der Waals surface area contributed by atoms with E-state index in [4.69, 9.17) is 0 Å². The lowest BCUT2D eigenvalue weighted by molar-refractivity contribution is 0.0601. The van der Waals surface area contributed by atoms with Crippen LogP contribution in [0.4, 0.5) is 10.2 Å². The maximum absolute atomic E-state index is 13.5. The number of rotatable bonds is 5. The highest BCUT2D eigenvalue weighted by molar-refractivity contribution is 5.94. The Labute approximate surface area is 116 Å². The zero-order valence-electron chi connectivity index (χ0n) is 11.1. The summed E-state index contributed by atoms with van der Waals surface area (Å²) in [5, 5.41) is 3.03. The molecule has 0 saturated carbocycles. The van der Waals surface area contributed by atoms with Gasteiger partial charge in [-0.05, 0) is 30.2 Å². The summed E-state index contributed by atoms with van der Waals surface area (Å²) in [6, 6.07) is 9.89. The summed E-state index contributed by atoms with van der Waals surface area (Å²) in [6.07, 6.45) is 2.09. The highest BCUT2D eigenvalue weighted by atomic mass is 19.1. The number of carbonyl (C=O) groups excluding carboxylic acids is 1. The standard InChI is InChI=1S/C15H15FN2O2/c1-20-15(19)12-6-4-9-17-14(12)18-10-8-11-5-2-3-7-13(11)16/h2-7,9H,8,10H2,1H3,(H,17,18). The second-order valence-corrected chi connectivity index (χ2v) is 4.16. The van der Waals surface area contributed by atoms with Gasteiger partial charge in [0, 0.05) is 12.7 Å². The molecule has 0 radical (unpaired) electrons. The van der Waals surface area contributed by atoms with Crippen LogP contribution in [0, 0.1) is 5.82 Å². The molecule has 1 aromatic heterocycles. The van der Waals surface area contributed by atoms with Crippen molar-refractivity contribution in [1.29, 1.82) is 0 Å². The highest BCUT2D eigenvalue weighted by Gasteiger charge is 2.11. The van der Waals surface area contributed by atoms with Crippen molar-refractivity contribution >= 4 is 11.8 Å². The van der Waals surface area contributed by atoms with Crippen molar-refractivity contribution in [2.45, 2.75) is 6.42 Å². The summed E-state index contributed by atoms with van der Waals surface area (Å²) in [5.74, 6) is -0.245. The van der Waals surface area contributed by atoms with Crippen LogP contribution in [0.3, 0.4) is 0 Å². The quantitative estimate of drug-likeness (QED) is 0.852.